The Kier molecular flexibility index (Phi) is 11.0. The summed E-state index contributed by atoms with van der Waals surface area (Å²) in [7, 11) is 11.2. The molecule has 0 saturated heterocycles. The number of hydrogen-bond donors (Lipinski definition) is 0. The van der Waals surface area contributed by atoms with Gasteiger partial charge in [0.1, 0.15) is 0 Å². The number of halogens is 2. The first-order valence-corrected chi connectivity index (χ1v) is 23.9. The van der Waals surface area contributed by atoms with Gasteiger partial charge >= 0.3 is 53.5 Å². The van der Waals surface area contributed by atoms with Crippen LogP contribution < -0.4 is 0 Å². The van der Waals surface area contributed by atoms with Crippen LogP contribution in [-0.4, -0.2) is 5.43 Å². The second kappa shape index (κ2) is 12.7. The molecule has 4 rings (SSSR count). The van der Waals surface area contributed by atoms with Crippen LogP contribution in [0.4, 0.5) is 0 Å². The molecule has 0 aliphatic carbocycles. The van der Waals surface area contributed by atoms with Crippen LogP contribution in [-0.2, 0) is 30.8 Å². The van der Waals surface area contributed by atoms with Crippen LogP contribution in [0.1, 0.15) is 47.2 Å². The van der Waals surface area contributed by atoms with E-state index in [1.54, 1.807) is 0 Å². The molecule has 32 heavy (non-hydrogen) atoms. The van der Waals surface area contributed by atoms with Gasteiger partial charge in [0.05, 0.1) is 0 Å². The molecular formula is C28H36Cl2SiZr-2. The molecule has 172 valence electrons. The van der Waals surface area contributed by atoms with E-state index in [2.05, 4.69) is 103 Å². The molecule has 4 heteroatoms. The molecule has 0 atom stereocenters. The molecule has 0 bridgehead atoms. The Morgan fingerprint density at radius 3 is 1.34 bits per heavy atom. The van der Waals surface area contributed by atoms with Gasteiger partial charge in [0.2, 0.25) is 0 Å². The fourth-order valence-corrected chi connectivity index (χ4v) is 3.92. The van der Waals surface area contributed by atoms with E-state index in [-0.39, 0.29) is 5.43 Å². The van der Waals surface area contributed by atoms with Crippen molar-refractivity contribution in [2.24, 2.45) is 0 Å². The molecule has 0 aliphatic rings. The van der Waals surface area contributed by atoms with Gasteiger partial charge in [-0.2, -0.15) is 12.1 Å². The summed E-state index contributed by atoms with van der Waals surface area (Å²) >= 11 is -1.65. The van der Waals surface area contributed by atoms with Crippen molar-refractivity contribution in [3.05, 3.63) is 81.9 Å². The molecule has 4 aromatic rings. The average Bonchev–Trinajstić information content (AvgIpc) is 3.33. The Morgan fingerprint density at radius 2 is 1.06 bits per heavy atom. The summed E-state index contributed by atoms with van der Waals surface area (Å²) in [5, 5.41) is 5.74. The van der Waals surface area contributed by atoms with E-state index in [0.29, 0.717) is 0 Å². The first kappa shape index (κ1) is 27.6. The van der Waals surface area contributed by atoms with Crippen molar-refractivity contribution < 1.29 is 18.0 Å². The van der Waals surface area contributed by atoms with Gasteiger partial charge in [-0.3, -0.25) is 0 Å². The van der Waals surface area contributed by atoms with Gasteiger partial charge in [-0.05, 0) is 12.8 Å². The summed E-state index contributed by atoms with van der Waals surface area (Å²) in [5.41, 5.74) is 8.24. The predicted molar refractivity (Wildman–Crippen MR) is 146 cm³/mol. The average molecular weight is 563 g/mol. The molecule has 0 fully saturated rings. The minimum atomic E-state index is -1.65. The van der Waals surface area contributed by atoms with Gasteiger partial charge < -0.3 is 0 Å². The minimum absolute atomic E-state index is 0.224. The summed E-state index contributed by atoms with van der Waals surface area (Å²) in [4.78, 5) is 0. The summed E-state index contributed by atoms with van der Waals surface area (Å²) in [6.07, 6.45) is 2.25. The molecule has 0 saturated carbocycles. The fourth-order valence-electron chi connectivity index (χ4n) is 3.92. The standard InChI is InChI=1S/2C13H15.C2H6Si.2ClH.Zr/c2*1-4-11-6-5-10(3)12-7-9(2)8-13(11)12;1-3-2;;;/h2*5-8H,4H2,1-3H3;1-2H3;2*1H;/q2*-1;;;;+2/p-2. The van der Waals surface area contributed by atoms with Crippen LogP contribution in [0.2, 0.25) is 13.1 Å². The predicted octanol–water partition coefficient (Wildman–Crippen LogP) is 9.64. The van der Waals surface area contributed by atoms with Crippen LogP contribution in [0.15, 0.2) is 48.5 Å². The molecule has 0 radical (unpaired) electrons. The van der Waals surface area contributed by atoms with E-state index in [9.17, 15) is 0 Å². The van der Waals surface area contributed by atoms with Crippen molar-refractivity contribution in [3.63, 3.8) is 0 Å². The van der Waals surface area contributed by atoms with Crippen LogP contribution in [0, 0.1) is 27.7 Å². The van der Waals surface area contributed by atoms with Crippen LogP contribution in [0.5, 0.6) is 0 Å². The zero-order valence-corrected chi connectivity index (χ0v) is 25.8. The Bertz CT molecular complexity index is 1120. The summed E-state index contributed by atoms with van der Waals surface area (Å²) in [6.45, 7) is 17.5. The number of fused-ring (bicyclic) bond motifs is 2. The van der Waals surface area contributed by atoms with Crippen molar-refractivity contribution in [3.8, 4) is 0 Å². The van der Waals surface area contributed by atoms with E-state index in [4.69, 9.17) is 17.0 Å². The third kappa shape index (κ3) is 7.17. The SMILES string of the molecule is CCc1ccc(C)c2[cH-]c(C)cc12.CCc1ccc(C)c2[cH-]c(C)cc12.C[Si](C)=[Zr]([Cl])[Cl]. The van der Waals surface area contributed by atoms with Crippen LogP contribution >= 0.6 is 17.0 Å². The number of hydrogen-bond acceptors (Lipinski definition) is 0. The maximum absolute atomic E-state index is 5.62. The van der Waals surface area contributed by atoms with Gasteiger partial charge in [-0.25, -0.2) is 0 Å². The quantitative estimate of drug-likeness (QED) is 0.169. The molecule has 0 heterocycles. The summed E-state index contributed by atoms with van der Waals surface area (Å²) in [6, 6.07) is 18.1. The topological polar surface area (TPSA) is 0 Å². The van der Waals surface area contributed by atoms with Gasteiger partial charge in [0.25, 0.3) is 0 Å². The van der Waals surface area contributed by atoms with Crippen LogP contribution in [0.3, 0.4) is 0 Å². The van der Waals surface area contributed by atoms with Gasteiger partial charge in [0, 0.05) is 0 Å². The zero-order chi connectivity index (χ0) is 24.0. The van der Waals surface area contributed by atoms with Crippen LogP contribution in [0.25, 0.3) is 21.5 Å². The first-order chi connectivity index (χ1) is 15.1. The number of aryl methyl sites for hydroxylation is 6. The number of benzene rings is 2. The third-order valence-electron chi connectivity index (χ3n) is 5.82. The van der Waals surface area contributed by atoms with Gasteiger partial charge in [-0.15, -0.1) is 68.1 Å². The maximum atomic E-state index is 5.62. The summed E-state index contributed by atoms with van der Waals surface area (Å²) < 4.78 is 0. The van der Waals surface area contributed by atoms with E-state index in [0.717, 1.165) is 12.8 Å². The molecule has 0 nitrogen and oxygen atoms in total. The van der Waals surface area contributed by atoms with E-state index in [1.165, 1.54) is 54.9 Å². The second-order valence-electron chi connectivity index (χ2n) is 8.77. The zero-order valence-electron chi connectivity index (χ0n) is 20.8. The van der Waals surface area contributed by atoms with E-state index >= 15 is 0 Å². The van der Waals surface area contributed by atoms with Crippen molar-refractivity contribution in [1.29, 1.82) is 0 Å². The normalized spacial score (nSPS) is 10.4. The van der Waals surface area contributed by atoms with E-state index in [1.807, 2.05) is 0 Å². The molecular weight excluding hydrogens is 527 g/mol. The van der Waals surface area contributed by atoms with Gasteiger partial charge in [-0.1, -0.05) is 64.8 Å². The molecule has 0 aliphatic heterocycles. The van der Waals surface area contributed by atoms with Crippen molar-refractivity contribution in [2.75, 3.05) is 0 Å². The molecule has 0 N–H and O–H groups in total. The monoisotopic (exact) mass is 560 g/mol. The second-order valence-corrected chi connectivity index (χ2v) is 31.7. The van der Waals surface area contributed by atoms with Gasteiger partial charge in [0.15, 0.2) is 0 Å². The third-order valence-corrected chi connectivity index (χ3v) is 25.6. The molecule has 0 unspecified atom stereocenters. The number of rotatable bonds is 2. The molecule has 0 amide bonds. The van der Waals surface area contributed by atoms with Crippen molar-refractivity contribution in [2.45, 2.75) is 67.5 Å². The molecule has 0 spiro atoms. The Hall–Kier alpha value is -0.660. The molecule has 4 aromatic carbocycles. The van der Waals surface area contributed by atoms with E-state index < -0.39 is 18.0 Å². The summed E-state index contributed by atoms with van der Waals surface area (Å²) in [5.74, 6) is 0. The fraction of sp³-hybridized carbons (Fsp3) is 0.357. The Balaban J connectivity index is 0.000000183. The first-order valence-electron chi connectivity index (χ1n) is 11.4. The molecule has 0 aromatic heterocycles. The Morgan fingerprint density at radius 1 is 0.719 bits per heavy atom. The van der Waals surface area contributed by atoms with Crippen molar-refractivity contribution in [1.82, 2.24) is 0 Å². The Labute approximate surface area is 210 Å². The van der Waals surface area contributed by atoms with Crippen molar-refractivity contribution >= 4 is 44.0 Å².